The van der Waals surface area contributed by atoms with Crippen molar-refractivity contribution in [2.75, 3.05) is 27.7 Å². The Morgan fingerprint density at radius 3 is 2.51 bits per heavy atom. The molecule has 0 fully saturated rings. The van der Waals surface area contributed by atoms with Gasteiger partial charge in [0.2, 0.25) is 11.8 Å². The van der Waals surface area contributed by atoms with Crippen LogP contribution in [0.4, 0.5) is 0 Å². The van der Waals surface area contributed by atoms with E-state index in [1.54, 1.807) is 53.9 Å². The van der Waals surface area contributed by atoms with Crippen LogP contribution in [0.25, 0.3) is 0 Å². The fraction of sp³-hybridized carbons (Fsp3) is 0.593. The molecule has 6 nitrogen and oxygen atoms in total. The second kappa shape index (κ2) is 16.5. The third kappa shape index (κ3) is 12.4. The summed E-state index contributed by atoms with van der Waals surface area (Å²) < 4.78 is 5.04. The van der Waals surface area contributed by atoms with Gasteiger partial charge in [0.1, 0.15) is 5.01 Å². The maximum absolute atomic E-state index is 12.7. The van der Waals surface area contributed by atoms with E-state index in [2.05, 4.69) is 24.9 Å². The Morgan fingerprint density at radius 1 is 1.20 bits per heavy atom. The first-order valence-electron chi connectivity index (χ1n) is 12.1. The first-order chi connectivity index (χ1) is 16.6. The number of likely N-dealkylation sites (N-methyl/N-ethyl adjacent to an activating group) is 2. The zero-order valence-electron chi connectivity index (χ0n) is 22.3. The predicted molar refractivity (Wildman–Crippen MR) is 146 cm³/mol. The van der Waals surface area contributed by atoms with E-state index in [1.165, 1.54) is 11.6 Å². The molecule has 1 rings (SSSR count). The van der Waals surface area contributed by atoms with E-state index in [0.717, 1.165) is 42.7 Å². The molecule has 1 heterocycles. The minimum absolute atomic E-state index is 0.0448. The average molecular weight is 524 g/mol. The van der Waals surface area contributed by atoms with Crippen LogP contribution < -0.4 is 0 Å². The summed E-state index contributed by atoms with van der Waals surface area (Å²) in [5, 5.41) is 2.86. The smallest absolute Gasteiger partial charge is 0.249 e. The summed E-state index contributed by atoms with van der Waals surface area (Å²) in [5.41, 5.74) is 3.68. The van der Waals surface area contributed by atoms with Crippen LogP contribution >= 0.6 is 22.9 Å². The zero-order chi connectivity index (χ0) is 26.4. The van der Waals surface area contributed by atoms with E-state index in [1.807, 2.05) is 19.4 Å². The third-order valence-electron chi connectivity index (χ3n) is 5.98. The van der Waals surface area contributed by atoms with Crippen molar-refractivity contribution in [3.8, 4) is 0 Å². The van der Waals surface area contributed by atoms with Gasteiger partial charge in [-0.1, -0.05) is 37.1 Å². The SMILES string of the molecule is COC(C)=CC(=O)N(C)CCCC(=CCl)CCC(C)CC(C)C=C(C)C(=O)N(C)Cc1nccs1. The molecule has 2 unspecified atom stereocenters. The van der Waals surface area contributed by atoms with Gasteiger partial charge < -0.3 is 14.5 Å². The Hall–Kier alpha value is -2.12. The highest BCUT2D eigenvalue weighted by Gasteiger charge is 2.15. The minimum atomic E-state index is -0.0559. The van der Waals surface area contributed by atoms with Gasteiger partial charge in [-0.05, 0) is 57.8 Å². The lowest BCUT2D eigenvalue weighted by molar-refractivity contribution is -0.126. The van der Waals surface area contributed by atoms with Crippen LogP contribution in [0.15, 0.2) is 46.2 Å². The van der Waals surface area contributed by atoms with Crippen LogP contribution in [-0.4, -0.2) is 54.3 Å². The molecule has 2 atom stereocenters. The van der Waals surface area contributed by atoms with E-state index in [-0.39, 0.29) is 11.8 Å². The lowest BCUT2D eigenvalue weighted by Crippen LogP contribution is -2.27. The Labute approximate surface area is 220 Å². The average Bonchev–Trinajstić information content (AvgIpc) is 3.33. The third-order valence-corrected chi connectivity index (χ3v) is 7.05. The first kappa shape index (κ1) is 30.9. The summed E-state index contributed by atoms with van der Waals surface area (Å²) >= 11 is 7.64. The summed E-state index contributed by atoms with van der Waals surface area (Å²) in [4.78, 5) is 32.5. The summed E-state index contributed by atoms with van der Waals surface area (Å²) in [5.74, 6) is 1.41. The number of ether oxygens (including phenoxy) is 1. The van der Waals surface area contributed by atoms with Gasteiger partial charge in [-0.3, -0.25) is 9.59 Å². The number of hydrogen-bond donors (Lipinski definition) is 0. The van der Waals surface area contributed by atoms with Gasteiger partial charge in [-0.15, -0.1) is 11.3 Å². The molecule has 8 heteroatoms. The van der Waals surface area contributed by atoms with Crippen molar-refractivity contribution in [2.24, 2.45) is 11.8 Å². The van der Waals surface area contributed by atoms with Crippen LogP contribution in [0.1, 0.15) is 64.8 Å². The van der Waals surface area contributed by atoms with E-state index in [4.69, 9.17) is 16.3 Å². The number of thiazole rings is 1. The van der Waals surface area contributed by atoms with Crippen molar-refractivity contribution in [1.29, 1.82) is 0 Å². The number of carbonyl (C=O) groups excluding carboxylic acids is 2. The Morgan fingerprint density at radius 2 is 1.91 bits per heavy atom. The fourth-order valence-electron chi connectivity index (χ4n) is 3.89. The molecule has 0 aliphatic heterocycles. The number of halogens is 1. The number of amides is 2. The second-order valence-corrected chi connectivity index (χ2v) is 10.6. The highest BCUT2D eigenvalue weighted by Crippen LogP contribution is 2.23. The molecule has 0 saturated heterocycles. The highest BCUT2D eigenvalue weighted by molar-refractivity contribution is 7.09. The number of allylic oxidation sites excluding steroid dienone is 3. The highest BCUT2D eigenvalue weighted by atomic mass is 35.5. The monoisotopic (exact) mass is 523 g/mol. The number of carbonyl (C=O) groups is 2. The molecule has 0 saturated carbocycles. The van der Waals surface area contributed by atoms with Crippen molar-refractivity contribution in [2.45, 2.75) is 66.3 Å². The Bertz CT molecular complexity index is 880. The van der Waals surface area contributed by atoms with Crippen molar-refractivity contribution >= 4 is 34.8 Å². The lowest BCUT2D eigenvalue weighted by atomic mass is 9.90. The molecule has 0 bridgehead atoms. The van der Waals surface area contributed by atoms with Crippen molar-refractivity contribution < 1.29 is 14.3 Å². The van der Waals surface area contributed by atoms with Crippen LogP contribution in [0, 0.1) is 11.8 Å². The molecule has 1 aromatic rings. The molecule has 0 N–H and O–H groups in total. The Kier molecular flexibility index (Phi) is 14.6. The van der Waals surface area contributed by atoms with Crippen LogP contribution in [-0.2, 0) is 20.9 Å². The van der Waals surface area contributed by atoms with Gasteiger partial charge in [0.15, 0.2) is 0 Å². The minimum Gasteiger partial charge on any atom is -0.501 e. The molecular formula is C27H42ClN3O3S. The van der Waals surface area contributed by atoms with E-state index in [9.17, 15) is 9.59 Å². The largest absolute Gasteiger partial charge is 0.501 e. The number of rotatable bonds is 15. The quantitative estimate of drug-likeness (QED) is 0.197. The molecular weight excluding hydrogens is 482 g/mol. The molecule has 1 aromatic heterocycles. The number of methoxy groups -OCH3 is 1. The molecule has 0 aliphatic rings. The molecule has 2 amide bonds. The van der Waals surface area contributed by atoms with E-state index < -0.39 is 0 Å². The molecule has 196 valence electrons. The van der Waals surface area contributed by atoms with Gasteiger partial charge >= 0.3 is 0 Å². The topological polar surface area (TPSA) is 62.7 Å². The summed E-state index contributed by atoms with van der Waals surface area (Å²) in [6.07, 6.45) is 10.1. The zero-order valence-corrected chi connectivity index (χ0v) is 23.9. The van der Waals surface area contributed by atoms with Crippen molar-refractivity contribution in [1.82, 2.24) is 14.8 Å². The molecule has 0 aliphatic carbocycles. The maximum Gasteiger partial charge on any atom is 0.249 e. The fourth-order valence-corrected chi connectivity index (χ4v) is 4.77. The number of aromatic nitrogens is 1. The van der Waals surface area contributed by atoms with Crippen LogP contribution in [0.3, 0.4) is 0 Å². The molecule has 0 spiro atoms. The van der Waals surface area contributed by atoms with Crippen LogP contribution in [0.5, 0.6) is 0 Å². The van der Waals surface area contributed by atoms with Crippen LogP contribution in [0.2, 0.25) is 0 Å². The molecule has 0 aromatic carbocycles. The second-order valence-electron chi connectivity index (χ2n) is 9.38. The first-order valence-corrected chi connectivity index (χ1v) is 13.5. The van der Waals surface area contributed by atoms with Gasteiger partial charge in [0.25, 0.3) is 0 Å². The van der Waals surface area contributed by atoms with Crippen molar-refractivity contribution in [3.05, 3.63) is 51.2 Å². The summed E-state index contributed by atoms with van der Waals surface area (Å²) in [6.45, 7) is 9.28. The normalized spacial score (nSPS) is 14.5. The van der Waals surface area contributed by atoms with Gasteiger partial charge in [-0.25, -0.2) is 4.98 Å². The molecule has 0 radical (unpaired) electrons. The van der Waals surface area contributed by atoms with E-state index >= 15 is 0 Å². The number of hydrogen-bond acceptors (Lipinski definition) is 5. The number of nitrogens with zero attached hydrogens (tertiary/aromatic N) is 3. The van der Waals surface area contributed by atoms with Gasteiger partial charge in [0, 0.05) is 49.4 Å². The van der Waals surface area contributed by atoms with Gasteiger partial charge in [0.05, 0.1) is 19.4 Å². The standard InChI is InChI=1S/C27H42ClN3O3S/c1-20(10-11-24(18-28)9-8-13-30(5)26(32)17-23(4)34-7)15-21(2)16-22(3)27(33)31(6)19-25-29-12-14-35-25/h12,14,16-18,20-21H,8-11,13,15,19H2,1-7H3. The van der Waals surface area contributed by atoms with Crippen molar-refractivity contribution in [3.63, 3.8) is 0 Å². The summed E-state index contributed by atoms with van der Waals surface area (Å²) in [7, 11) is 5.17. The lowest BCUT2D eigenvalue weighted by Gasteiger charge is -2.19. The predicted octanol–water partition coefficient (Wildman–Crippen LogP) is 6.40. The summed E-state index contributed by atoms with van der Waals surface area (Å²) in [6, 6.07) is 0. The molecule has 35 heavy (non-hydrogen) atoms. The maximum atomic E-state index is 12.7. The van der Waals surface area contributed by atoms with E-state index in [0.29, 0.717) is 30.7 Å². The van der Waals surface area contributed by atoms with Gasteiger partial charge in [-0.2, -0.15) is 0 Å². The Balaban J connectivity index is 2.41.